The van der Waals surface area contributed by atoms with Crippen molar-refractivity contribution in [3.05, 3.63) is 51.9 Å². The van der Waals surface area contributed by atoms with Crippen molar-refractivity contribution >= 4 is 33.6 Å². The highest BCUT2D eigenvalue weighted by molar-refractivity contribution is 9.10. The standard InChI is InChI=1S/C14H13BrN2O4/c1-8-2-4-10(15)11(6-8)17-14(20)16-7-9-3-5-12(21-9)13(18)19/h2-6H,7H2,1H3,(H,18,19)(H2,16,17,20). The second-order valence-corrected chi connectivity index (χ2v) is 5.22. The normalized spacial score (nSPS) is 10.2. The van der Waals surface area contributed by atoms with Crippen molar-refractivity contribution in [3.8, 4) is 0 Å². The third-order valence-corrected chi connectivity index (χ3v) is 3.36. The second kappa shape index (κ2) is 6.45. The van der Waals surface area contributed by atoms with Crippen LogP contribution in [0.15, 0.2) is 39.2 Å². The van der Waals surface area contributed by atoms with Crippen LogP contribution in [0.5, 0.6) is 0 Å². The van der Waals surface area contributed by atoms with E-state index in [4.69, 9.17) is 9.52 Å². The number of amides is 2. The molecule has 6 nitrogen and oxygen atoms in total. The fourth-order valence-corrected chi connectivity index (χ4v) is 2.00. The van der Waals surface area contributed by atoms with Crippen LogP contribution < -0.4 is 10.6 Å². The molecule has 0 saturated carbocycles. The zero-order chi connectivity index (χ0) is 15.4. The Bertz CT molecular complexity index is 681. The second-order valence-electron chi connectivity index (χ2n) is 4.36. The first-order valence-electron chi connectivity index (χ1n) is 6.08. The van der Waals surface area contributed by atoms with Gasteiger partial charge >= 0.3 is 12.0 Å². The van der Waals surface area contributed by atoms with E-state index in [0.29, 0.717) is 11.4 Å². The Morgan fingerprint density at radius 2 is 2.05 bits per heavy atom. The van der Waals surface area contributed by atoms with E-state index in [1.807, 2.05) is 25.1 Å². The van der Waals surface area contributed by atoms with Crippen molar-refractivity contribution in [1.29, 1.82) is 0 Å². The first kappa shape index (κ1) is 15.1. The molecular weight excluding hydrogens is 340 g/mol. The Hall–Kier alpha value is -2.28. The van der Waals surface area contributed by atoms with Gasteiger partial charge in [0.1, 0.15) is 5.76 Å². The summed E-state index contributed by atoms with van der Waals surface area (Å²) in [7, 11) is 0. The number of anilines is 1. The molecule has 0 aliphatic carbocycles. The van der Waals surface area contributed by atoms with Gasteiger partial charge < -0.3 is 20.2 Å². The van der Waals surface area contributed by atoms with Gasteiger partial charge in [0.2, 0.25) is 5.76 Å². The number of hydrogen-bond donors (Lipinski definition) is 3. The van der Waals surface area contributed by atoms with Gasteiger partial charge in [-0.25, -0.2) is 9.59 Å². The van der Waals surface area contributed by atoms with Gasteiger partial charge in [0.05, 0.1) is 12.2 Å². The molecule has 2 aromatic rings. The lowest BCUT2D eigenvalue weighted by atomic mass is 10.2. The number of rotatable bonds is 4. The topological polar surface area (TPSA) is 91.6 Å². The van der Waals surface area contributed by atoms with E-state index >= 15 is 0 Å². The molecule has 3 N–H and O–H groups in total. The third kappa shape index (κ3) is 4.09. The van der Waals surface area contributed by atoms with Crippen LogP contribution in [0, 0.1) is 6.92 Å². The van der Waals surface area contributed by atoms with Gasteiger partial charge in [-0.2, -0.15) is 0 Å². The summed E-state index contributed by atoms with van der Waals surface area (Å²) in [5.74, 6) is -0.936. The number of nitrogens with one attached hydrogen (secondary N) is 2. The zero-order valence-electron chi connectivity index (χ0n) is 11.1. The molecule has 0 unspecified atom stereocenters. The predicted octanol–water partition coefficient (Wildman–Crippen LogP) is 3.37. The number of carbonyl (C=O) groups is 2. The number of aromatic carboxylic acids is 1. The Balaban J connectivity index is 1.92. The SMILES string of the molecule is Cc1ccc(Br)c(NC(=O)NCc2ccc(C(=O)O)o2)c1. The molecule has 0 aliphatic rings. The summed E-state index contributed by atoms with van der Waals surface area (Å²) in [6.07, 6.45) is 0. The highest BCUT2D eigenvalue weighted by Gasteiger charge is 2.10. The number of benzene rings is 1. The van der Waals surface area contributed by atoms with E-state index < -0.39 is 12.0 Å². The van der Waals surface area contributed by atoms with Crippen LogP contribution in [0.2, 0.25) is 0 Å². The molecule has 0 bridgehead atoms. The summed E-state index contributed by atoms with van der Waals surface area (Å²) in [6.45, 7) is 2.02. The maximum Gasteiger partial charge on any atom is 0.371 e. The Labute approximate surface area is 129 Å². The molecule has 0 fully saturated rings. The minimum Gasteiger partial charge on any atom is -0.475 e. The first-order valence-corrected chi connectivity index (χ1v) is 6.88. The number of carbonyl (C=O) groups excluding carboxylic acids is 1. The van der Waals surface area contributed by atoms with Crippen molar-refractivity contribution in [1.82, 2.24) is 5.32 Å². The third-order valence-electron chi connectivity index (χ3n) is 2.67. The van der Waals surface area contributed by atoms with E-state index in [1.54, 1.807) is 0 Å². The molecular formula is C14H13BrN2O4. The molecule has 0 aliphatic heterocycles. The van der Waals surface area contributed by atoms with Gasteiger partial charge in [-0.1, -0.05) is 6.07 Å². The lowest BCUT2D eigenvalue weighted by molar-refractivity contribution is 0.0660. The number of halogens is 1. The number of aryl methyl sites for hydroxylation is 1. The van der Waals surface area contributed by atoms with Crippen molar-refractivity contribution in [2.75, 3.05) is 5.32 Å². The van der Waals surface area contributed by atoms with Crippen LogP contribution in [0.3, 0.4) is 0 Å². The Morgan fingerprint density at radius 3 is 2.71 bits per heavy atom. The van der Waals surface area contributed by atoms with Gasteiger partial charge in [-0.15, -0.1) is 0 Å². The van der Waals surface area contributed by atoms with Crippen molar-refractivity contribution in [2.24, 2.45) is 0 Å². The van der Waals surface area contributed by atoms with Crippen molar-refractivity contribution in [2.45, 2.75) is 13.5 Å². The number of furan rings is 1. The lowest BCUT2D eigenvalue weighted by Crippen LogP contribution is -2.28. The molecule has 110 valence electrons. The molecule has 0 spiro atoms. The van der Waals surface area contributed by atoms with Crippen LogP contribution in [0.4, 0.5) is 10.5 Å². The molecule has 1 aromatic carbocycles. The van der Waals surface area contributed by atoms with E-state index in [1.165, 1.54) is 12.1 Å². The molecule has 2 amide bonds. The maximum absolute atomic E-state index is 11.8. The van der Waals surface area contributed by atoms with Crippen molar-refractivity contribution < 1.29 is 19.1 Å². The molecule has 21 heavy (non-hydrogen) atoms. The Kier molecular flexibility index (Phi) is 4.64. The highest BCUT2D eigenvalue weighted by Crippen LogP contribution is 2.23. The average Bonchev–Trinajstić information content (AvgIpc) is 2.90. The van der Waals surface area contributed by atoms with Crippen LogP contribution >= 0.6 is 15.9 Å². The van der Waals surface area contributed by atoms with Gasteiger partial charge in [-0.05, 0) is 52.7 Å². The molecule has 0 atom stereocenters. The van der Waals surface area contributed by atoms with E-state index in [0.717, 1.165) is 10.0 Å². The minimum atomic E-state index is -1.14. The largest absolute Gasteiger partial charge is 0.475 e. The number of carboxylic acid groups (broad SMARTS) is 1. The molecule has 1 aromatic heterocycles. The monoisotopic (exact) mass is 352 g/mol. The lowest BCUT2D eigenvalue weighted by Gasteiger charge is -2.09. The summed E-state index contributed by atoms with van der Waals surface area (Å²) in [5, 5.41) is 14.0. The van der Waals surface area contributed by atoms with Crippen LogP contribution in [0.25, 0.3) is 0 Å². The molecule has 1 heterocycles. The summed E-state index contributed by atoms with van der Waals surface area (Å²) < 4.78 is 5.81. The molecule has 7 heteroatoms. The van der Waals surface area contributed by atoms with E-state index in [9.17, 15) is 9.59 Å². The fraction of sp³-hybridized carbons (Fsp3) is 0.143. The summed E-state index contributed by atoms with van der Waals surface area (Å²) >= 11 is 3.35. The van der Waals surface area contributed by atoms with E-state index in [2.05, 4.69) is 26.6 Å². The zero-order valence-corrected chi connectivity index (χ0v) is 12.7. The summed E-state index contributed by atoms with van der Waals surface area (Å²) in [4.78, 5) is 22.5. The maximum atomic E-state index is 11.8. The Morgan fingerprint density at radius 1 is 1.29 bits per heavy atom. The quantitative estimate of drug-likeness (QED) is 0.786. The molecule has 2 rings (SSSR count). The van der Waals surface area contributed by atoms with Crippen LogP contribution in [-0.2, 0) is 6.54 Å². The molecule has 0 radical (unpaired) electrons. The van der Waals surface area contributed by atoms with E-state index in [-0.39, 0.29) is 12.3 Å². The highest BCUT2D eigenvalue weighted by atomic mass is 79.9. The van der Waals surface area contributed by atoms with Crippen molar-refractivity contribution in [3.63, 3.8) is 0 Å². The number of hydrogen-bond acceptors (Lipinski definition) is 3. The smallest absolute Gasteiger partial charge is 0.371 e. The number of carboxylic acids is 1. The number of urea groups is 1. The predicted molar refractivity (Wildman–Crippen MR) is 80.4 cm³/mol. The van der Waals surface area contributed by atoms with Crippen LogP contribution in [-0.4, -0.2) is 17.1 Å². The van der Waals surface area contributed by atoms with Crippen LogP contribution in [0.1, 0.15) is 21.9 Å². The average molecular weight is 353 g/mol. The summed E-state index contributed by atoms with van der Waals surface area (Å²) in [5.41, 5.74) is 1.67. The fourth-order valence-electron chi connectivity index (χ4n) is 1.66. The van der Waals surface area contributed by atoms with Gasteiger partial charge in [0.15, 0.2) is 0 Å². The summed E-state index contributed by atoms with van der Waals surface area (Å²) in [6, 6.07) is 8.04. The van der Waals surface area contributed by atoms with Gasteiger partial charge in [0, 0.05) is 4.47 Å². The minimum absolute atomic E-state index is 0.0998. The molecule has 0 saturated heterocycles. The van der Waals surface area contributed by atoms with Gasteiger partial charge in [-0.3, -0.25) is 0 Å². The van der Waals surface area contributed by atoms with Gasteiger partial charge in [0.25, 0.3) is 0 Å². The first-order chi connectivity index (χ1) is 9.95.